The number of hydrogen-bond donors (Lipinski definition) is 2. The zero-order valence-corrected chi connectivity index (χ0v) is 12.1. The molecule has 0 saturated carbocycles. The molecule has 1 heterocycles. The molecule has 0 bridgehead atoms. The number of nitrogens with zero attached hydrogens (tertiary/aromatic N) is 1. The molecule has 0 aliphatic carbocycles. The molecule has 0 fully saturated rings. The summed E-state index contributed by atoms with van der Waals surface area (Å²) < 4.78 is 22.7. The Balaban J connectivity index is 2.12. The Hall–Kier alpha value is -2.41. The number of rotatable bonds is 5. The van der Waals surface area contributed by atoms with Crippen LogP contribution in [0.15, 0.2) is 47.6 Å². The van der Waals surface area contributed by atoms with Crippen molar-refractivity contribution >= 4 is 21.5 Å². The minimum atomic E-state index is -3.21. The molecule has 2 N–H and O–H groups in total. The highest BCUT2D eigenvalue weighted by Crippen LogP contribution is 2.16. The number of carboxylic acid groups (broad SMARTS) is 1. The number of sulfone groups is 1. The maximum Gasteiger partial charge on any atom is 0.337 e. The molecule has 0 aliphatic rings. The number of aromatic nitrogens is 1. The van der Waals surface area contributed by atoms with E-state index in [1.807, 2.05) is 0 Å². The summed E-state index contributed by atoms with van der Waals surface area (Å²) in [6, 6.07) is 7.82. The van der Waals surface area contributed by atoms with Gasteiger partial charge in [-0.2, -0.15) is 0 Å². The summed E-state index contributed by atoms with van der Waals surface area (Å²) in [7, 11) is -3.21. The van der Waals surface area contributed by atoms with Crippen molar-refractivity contribution in [3.63, 3.8) is 0 Å². The third-order valence-electron chi connectivity index (χ3n) is 2.89. The SMILES string of the molecule is CS(=O)(=O)c1ccc(CNc2cnccc2C(=O)O)cc1. The normalized spacial score (nSPS) is 11.1. The van der Waals surface area contributed by atoms with E-state index in [1.165, 1.54) is 30.6 Å². The number of benzene rings is 1. The molecule has 0 radical (unpaired) electrons. The van der Waals surface area contributed by atoms with Gasteiger partial charge in [-0.1, -0.05) is 12.1 Å². The number of carbonyl (C=O) groups is 1. The summed E-state index contributed by atoms with van der Waals surface area (Å²) in [5.41, 5.74) is 1.39. The van der Waals surface area contributed by atoms with Crippen molar-refractivity contribution in [2.75, 3.05) is 11.6 Å². The molecular weight excluding hydrogens is 292 g/mol. The van der Waals surface area contributed by atoms with Crippen LogP contribution in [0.25, 0.3) is 0 Å². The smallest absolute Gasteiger partial charge is 0.337 e. The Morgan fingerprint density at radius 2 is 1.90 bits per heavy atom. The molecule has 0 spiro atoms. The zero-order chi connectivity index (χ0) is 15.5. The van der Waals surface area contributed by atoms with Crippen LogP contribution < -0.4 is 5.32 Å². The van der Waals surface area contributed by atoms with Crippen LogP contribution in [-0.2, 0) is 16.4 Å². The van der Waals surface area contributed by atoms with Crippen molar-refractivity contribution in [3.05, 3.63) is 53.9 Å². The van der Waals surface area contributed by atoms with Crippen molar-refractivity contribution < 1.29 is 18.3 Å². The van der Waals surface area contributed by atoms with Gasteiger partial charge in [0, 0.05) is 19.0 Å². The van der Waals surface area contributed by atoms with Crippen LogP contribution in [0.3, 0.4) is 0 Å². The number of carboxylic acids is 1. The summed E-state index contributed by atoms with van der Waals surface area (Å²) >= 11 is 0. The molecule has 0 amide bonds. The van der Waals surface area contributed by atoms with Gasteiger partial charge in [-0.15, -0.1) is 0 Å². The monoisotopic (exact) mass is 306 g/mol. The number of aromatic carboxylic acids is 1. The average Bonchev–Trinajstić information content (AvgIpc) is 2.45. The predicted molar refractivity (Wildman–Crippen MR) is 78.1 cm³/mol. The van der Waals surface area contributed by atoms with Crippen molar-refractivity contribution in [3.8, 4) is 0 Å². The van der Waals surface area contributed by atoms with Crippen LogP contribution in [0.5, 0.6) is 0 Å². The van der Waals surface area contributed by atoms with Crippen LogP contribution in [0.1, 0.15) is 15.9 Å². The minimum Gasteiger partial charge on any atom is -0.478 e. The molecule has 1 aromatic heterocycles. The third-order valence-corrected chi connectivity index (χ3v) is 4.01. The summed E-state index contributed by atoms with van der Waals surface area (Å²) in [5, 5.41) is 12.0. The lowest BCUT2D eigenvalue weighted by Crippen LogP contribution is -2.07. The second kappa shape index (κ2) is 5.92. The van der Waals surface area contributed by atoms with Gasteiger partial charge in [-0.3, -0.25) is 4.98 Å². The van der Waals surface area contributed by atoms with Crippen molar-refractivity contribution in [1.82, 2.24) is 4.98 Å². The lowest BCUT2D eigenvalue weighted by molar-refractivity contribution is 0.0697. The largest absolute Gasteiger partial charge is 0.478 e. The van der Waals surface area contributed by atoms with Crippen molar-refractivity contribution in [2.24, 2.45) is 0 Å². The summed E-state index contributed by atoms with van der Waals surface area (Å²) in [6.07, 6.45) is 4.00. The first-order chi connectivity index (χ1) is 9.88. The molecule has 7 heteroatoms. The van der Waals surface area contributed by atoms with Crippen molar-refractivity contribution in [2.45, 2.75) is 11.4 Å². The van der Waals surface area contributed by atoms with Gasteiger partial charge in [0.2, 0.25) is 0 Å². The number of hydrogen-bond acceptors (Lipinski definition) is 5. The van der Waals surface area contributed by atoms with E-state index in [1.54, 1.807) is 12.1 Å². The molecule has 21 heavy (non-hydrogen) atoms. The van der Waals surface area contributed by atoms with E-state index in [0.29, 0.717) is 12.2 Å². The quantitative estimate of drug-likeness (QED) is 0.874. The maximum absolute atomic E-state index is 11.4. The first kappa shape index (κ1) is 15.0. The van der Waals surface area contributed by atoms with Gasteiger partial charge in [0.25, 0.3) is 0 Å². The van der Waals surface area contributed by atoms with Gasteiger partial charge >= 0.3 is 5.97 Å². The second-order valence-electron chi connectivity index (χ2n) is 4.50. The van der Waals surface area contributed by atoms with E-state index in [4.69, 9.17) is 5.11 Å². The number of pyridine rings is 1. The highest BCUT2D eigenvalue weighted by Gasteiger charge is 2.10. The molecule has 6 nitrogen and oxygen atoms in total. The minimum absolute atomic E-state index is 0.137. The van der Waals surface area contributed by atoms with Crippen LogP contribution in [0.2, 0.25) is 0 Å². The van der Waals surface area contributed by atoms with Gasteiger partial charge < -0.3 is 10.4 Å². The van der Waals surface area contributed by atoms with E-state index < -0.39 is 15.8 Å². The van der Waals surface area contributed by atoms with E-state index >= 15 is 0 Å². The number of nitrogens with one attached hydrogen (secondary N) is 1. The topological polar surface area (TPSA) is 96.4 Å². The van der Waals surface area contributed by atoms with Crippen LogP contribution >= 0.6 is 0 Å². The van der Waals surface area contributed by atoms with E-state index in [9.17, 15) is 13.2 Å². The second-order valence-corrected chi connectivity index (χ2v) is 6.51. The fourth-order valence-corrected chi connectivity index (χ4v) is 2.40. The molecular formula is C14H14N2O4S. The Morgan fingerprint density at radius 1 is 1.24 bits per heavy atom. The molecule has 0 saturated heterocycles. The Bertz CT molecular complexity index is 755. The first-order valence-electron chi connectivity index (χ1n) is 6.08. The Kier molecular flexibility index (Phi) is 4.23. The highest BCUT2D eigenvalue weighted by atomic mass is 32.2. The lowest BCUT2D eigenvalue weighted by Gasteiger charge is -2.09. The molecule has 0 atom stereocenters. The fourth-order valence-electron chi connectivity index (χ4n) is 1.77. The Labute approximate surface area is 122 Å². The van der Waals surface area contributed by atoms with E-state index in [0.717, 1.165) is 11.8 Å². The lowest BCUT2D eigenvalue weighted by atomic mass is 10.2. The van der Waals surface area contributed by atoms with Gasteiger partial charge in [-0.05, 0) is 23.8 Å². The van der Waals surface area contributed by atoms with Gasteiger partial charge in [0.05, 0.1) is 22.3 Å². The Morgan fingerprint density at radius 3 is 2.48 bits per heavy atom. The predicted octanol–water partition coefficient (Wildman–Crippen LogP) is 1.80. The summed E-state index contributed by atoms with van der Waals surface area (Å²) in [4.78, 5) is 15.2. The third kappa shape index (κ3) is 3.79. The molecule has 0 aliphatic heterocycles. The van der Waals surface area contributed by atoms with E-state index in [-0.39, 0.29) is 10.5 Å². The zero-order valence-electron chi connectivity index (χ0n) is 11.3. The molecule has 1 aromatic carbocycles. The molecule has 110 valence electrons. The van der Waals surface area contributed by atoms with E-state index in [2.05, 4.69) is 10.3 Å². The highest BCUT2D eigenvalue weighted by molar-refractivity contribution is 7.90. The van der Waals surface area contributed by atoms with Gasteiger partial charge in [0.1, 0.15) is 0 Å². The summed E-state index contributed by atoms with van der Waals surface area (Å²) in [6.45, 7) is 0.371. The fraction of sp³-hybridized carbons (Fsp3) is 0.143. The molecule has 2 aromatic rings. The first-order valence-corrected chi connectivity index (χ1v) is 7.97. The summed E-state index contributed by atoms with van der Waals surface area (Å²) in [5.74, 6) is -1.03. The molecule has 0 unspecified atom stereocenters. The maximum atomic E-state index is 11.4. The van der Waals surface area contributed by atoms with Crippen LogP contribution in [0.4, 0.5) is 5.69 Å². The van der Waals surface area contributed by atoms with Gasteiger partial charge in [-0.25, -0.2) is 13.2 Å². The van der Waals surface area contributed by atoms with Crippen LogP contribution in [0, 0.1) is 0 Å². The van der Waals surface area contributed by atoms with Crippen molar-refractivity contribution in [1.29, 1.82) is 0 Å². The van der Waals surface area contributed by atoms with Gasteiger partial charge in [0.15, 0.2) is 9.84 Å². The average molecular weight is 306 g/mol. The number of anilines is 1. The van der Waals surface area contributed by atoms with Crippen LogP contribution in [-0.4, -0.2) is 30.7 Å². The standard InChI is InChI=1S/C14H14N2O4S/c1-21(19,20)11-4-2-10(3-5-11)8-16-13-9-15-7-6-12(13)14(17)18/h2-7,9,16H,8H2,1H3,(H,17,18). The molecule has 2 rings (SSSR count).